The van der Waals surface area contributed by atoms with Crippen molar-refractivity contribution in [2.45, 2.75) is 5.75 Å². The maximum Gasteiger partial charge on any atom is 0.238 e. The highest BCUT2D eigenvalue weighted by Gasteiger charge is 2.15. The molecule has 0 saturated heterocycles. The molecule has 0 saturated carbocycles. The first-order valence-electron chi connectivity index (χ1n) is 3.92. The Morgan fingerprint density at radius 1 is 1.47 bits per heavy atom. The third-order valence-corrected chi connectivity index (χ3v) is 2.76. The van der Waals surface area contributed by atoms with Crippen molar-refractivity contribution in [1.29, 1.82) is 0 Å². The molecule has 0 unspecified atom stereocenters. The molecule has 15 heavy (non-hydrogen) atoms. The molecule has 1 aromatic carbocycles. The fraction of sp³-hybridized carbons (Fsp3) is 0.125. The van der Waals surface area contributed by atoms with Gasteiger partial charge in [0.15, 0.2) is 5.58 Å². The monoisotopic (exact) mass is 249 g/mol. The highest BCUT2D eigenvalue weighted by atomic mass is 35.7. The summed E-state index contributed by atoms with van der Waals surface area (Å²) in [6.07, 6.45) is 0. The molecule has 0 atom stereocenters. The van der Waals surface area contributed by atoms with E-state index in [1.807, 2.05) is 0 Å². The number of benzene rings is 1. The number of halogens is 2. The van der Waals surface area contributed by atoms with Crippen LogP contribution in [0.3, 0.4) is 0 Å². The zero-order chi connectivity index (χ0) is 11.1. The van der Waals surface area contributed by atoms with E-state index in [0.717, 1.165) is 6.07 Å². The van der Waals surface area contributed by atoms with Crippen LogP contribution in [0.5, 0.6) is 0 Å². The maximum atomic E-state index is 12.8. The van der Waals surface area contributed by atoms with Crippen LogP contribution in [0.1, 0.15) is 5.69 Å². The molecular formula is C8H5ClFNO3S. The van der Waals surface area contributed by atoms with Gasteiger partial charge in [0.05, 0.1) is 0 Å². The van der Waals surface area contributed by atoms with Gasteiger partial charge in [-0.2, -0.15) is 0 Å². The highest BCUT2D eigenvalue weighted by molar-refractivity contribution is 8.13. The van der Waals surface area contributed by atoms with Crippen LogP contribution < -0.4 is 0 Å². The van der Waals surface area contributed by atoms with Gasteiger partial charge in [0.25, 0.3) is 0 Å². The van der Waals surface area contributed by atoms with Gasteiger partial charge in [0.2, 0.25) is 9.05 Å². The topological polar surface area (TPSA) is 60.2 Å². The van der Waals surface area contributed by atoms with Crippen molar-refractivity contribution in [3.63, 3.8) is 0 Å². The molecule has 1 heterocycles. The highest BCUT2D eigenvalue weighted by Crippen LogP contribution is 2.21. The first-order valence-corrected chi connectivity index (χ1v) is 6.40. The average Bonchev–Trinajstić information content (AvgIpc) is 2.45. The van der Waals surface area contributed by atoms with E-state index < -0.39 is 20.6 Å². The average molecular weight is 250 g/mol. The minimum Gasteiger partial charge on any atom is -0.356 e. The number of rotatable bonds is 2. The Hall–Kier alpha value is -1.14. The molecule has 0 fully saturated rings. The molecular weight excluding hydrogens is 245 g/mol. The van der Waals surface area contributed by atoms with Gasteiger partial charge in [-0.25, -0.2) is 12.8 Å². The Balaban J connectivity index is 2.55. The predicted octanol–water partition coefficient (Wildman–Crippen LogP) is 2.04. The van der Waals surface area contributed by atoms with Crippen LogP contribution in [0.4, 0.5) is 4.39 Å². The molecule has 0 N–H and O–H groups in total. The third-order valence-electron chi connectivity index (χ3n) is 1.82. The Bertz CT molecular complexity index is 607. The lowest BCUT2D eigenvalue weighted by molar-refractivity contribution is 0.447. The van der Waals surface area contributed by atoms with Crippen molar-refractivity contribution in [2.75, 3.05) is 0 Å². The fourth-order valence-electron chi connectivity index (χ4n) is 1.23. The van der Waals surface area contributed by atoms with Gasteiger partial charge in [-0.05, 0) is 12.1 Å². The summed E-state index contributed by atoms with van der Waals surface area (Å²) in [7, 11) is 1.38. The molecule has 1 aromatic heterocycles. The van der Waals surface area contributed by atoms with Crippen LogP contribution in [0.15, 0.2) is 22.7 Å². The van der Waals surface area contributed by atoms with Crippen molar-refractivity contribution >= 4 is 30.7 Å². The van der Waals surface area contributed by atoms with E-state index in [2.05, 4.69) is 5.16 Å². The lowest BCUT2D eigenvalue weighted by Gasteiger charge is -1.91. The molecule has 0 aliphatic carbocycles. The number of fused-ring (bicyclic) bond motifs is 1. The van der Waals surface area contributed by atoms with Crippen LogP contribution in [0.25, 0.3) is 11.0 Å². The summed E-state index contributed by atoms with van der Waals surface area (Å²) in [5.41, 5.74) is 0.380. The summed E-state index contributed by atoms with van der Waals surface area (Å²) in [6, 6.07) is 3.73. The largest absolute Gasteiger partial charge is 0.356 e. The van der Waals surface area contributed by atoms with Gasteiger partial charge < -0.3 is 4.52 Å². The van der Waals surface area contributed by atoms with Crippen molar-refractivity contribution in [2.24, 2.45) is 0 Å². The number of hydrogen-bond acceptors (Lipinski definition) is 4. The zero-order valence-corrected chi connectivity index (χ0v) is 8.85. The second-order valence-corrected chi connectivity index (χ2v) is 5.73. The lowest BCUT2D eigenvalue weighted by Crippen LogP contribution is -1.95. The van der Waals surface area contributed by atoms with E-state index in [9.17, 15) is 12.8 Å². The van der Waals surface area contributed by atoms with Crippen molar-refractivity contribution in [3.8, 4) is 0 Å². The Morgan fingerprint density at radius 3 is 2.87 bits per heavy atom. The second-order valence-electron chi connectivity index (χ2n) is 2.95. The van der Waals surface area contributed by atoms with Gasteiger partial charge in [-0.15, -0.1) is 0 Å². The number of aromatic nitrogens is 1. The maximum absolute atomic E-state index is 12.8. The summed E-state index contributed by atoms with van der Waals surface area (Å²) in [5.74, 6) is -0.911. The normalized spacial score (nSPS) is 12.1. The van der Waals surface area contributed by atoms with Crippen LogP contribution in [0.2, 0.25) is 0 Å². The van der Waals surface area contributed by atoms with Gasteiger partial charge in [0.1, 0.15) is 17.3 Å². The molecule has 80 valence electrons. The lowest BCUT2D eigenvalue weighted by atomic mass is 10.2. The van der Waals surface area contributed by atoms with E-state index >= 15 is 0 Å². The number of nitrogens with zero attached hydrogens (tertiary/aromatic N) is 1. The van der Waals surface area contributed by atoms with Crippen molar-refractivity contribution < 1.29 is 17.3 Å². The molecule has 0 aliphatic heterocycles. The summed E-state index contributed by atoms with van der Waals surface area (Å²) >= 11 is 0. The summed E-state index contributed by atoms with van der Waals surface area (Å²) in [4.78, 5) is 0. The molecule has 0 amide bonds. The molecule has 0 bridgehead atoms. The van der Waals surface area contributed by atoms with Crippen LogP contribution in [0, 0.1) is 5.82 Å². The van der Waals surface area contributed by atoms with E-state index in [1.54, 1.807) is 0 Å². The molecule has 7 heteroatoms. The van der Waals surface area contributed by atoms with Gasteiger partial charge in [-0.1, -0.05) is 5.16 Å². The first-order chi connectivity index (χ1) is 6.96. The van der Waals surface area contributed by atoms with Crippen molar-refractivity contribution in [3.05, 3.63) is 29.7 Å². The van der Waals surface area contributed by atoms with E-state index in [4.69, 9.17) is 15.2 Å². The Kier molecular flexibility index (Phi) is 2.40. The summed E-state index contributed by atoms with van der Waals surface area (Å²) in [5, 5.41) is 3.96. The van der Waals surface area contributed by atoms with Crippen molar-refractivity contribution in [1.82, 2.24) is 5.16 Å². The predicted molar refractivity (Wildman–Crippen MR) is 52.4 cm³/mol. The molecule has 2 aromatic rings. The molecule has 4 nitrogen and oxygen atoms in total. The third kappa shape index (κ3) is 2.27. The van der Waals surface area contributed by atoms with Crippen LogP contribution in [-0.4, -0.2) is 13.6 Å². The Labute approximate surface area is 89.0 Å². The quantitative estimate of drug-likeness (QED) is 0.764. The zero-order valence-electron chi connectivity index (χ0n) is 7.28. The van der Waals surface area contributed by atoms with Crippen LogP contribution in [-0.2, 0) is 14.8 Å². The first kappa shape index (κ1) is 10.4. The fourth-order valence-corrected chi connectivity index (χ4v) is 2.08. The number of hydrogen-bond donors (Lipinski definition) is 0. The SMILES string of the molecule is O=S(=O)(Cl)Cc1noc2cc(F)ccc12. The molecule has 0 radical (unpaired) electrons. The van der Waals surface area contributed by atoms with Gasteiger partial charge in [0, 0.05) is 22.1 Å². The summed E-state index contributed by atoms with van der Waals surface area (Å²) in [6.45, 7) is 0. The molecule has 2 rings (SSSR count). The van der Waals surface area contributed by atoms with Crippen LogP contribution >= 0.6 is 10.7 Å². The van der Waals surface area contributed by atoms with Gasteiger partial charge >= 0.3 is 0 Å². The minimum absolute atomic E-state index is 0.181. The van der Waals surface area contributed by atoms with E-state index in [0.29, 0.717) is 5.39 Å². The molecule has 0 aliphatic rings. The van der Waals surface area contributed by atoms with E-state index in [1.165, 1.54) is 12.1 Å². The smallest absolute Gasteiger partial charge is 0.238 e. The van der Waals surface area contributed by atoms with Gasteiger partial charge in [-0.3, -0.25) is 0 Å². The minimum atomic E-state index is -3.69. The van der Waals surface area contributed by atoms with E-state index in [-0.39, 0.29) is 11.3 Å². The second kappa shape index (κ2) is 3.46. The Morgan fingerprint density at radius 2 is 2.20 bits per heavy atom. The standard InChI is InChI=1S/C8H5ClFNO3S/c9-15(12,13)4-7-6-2-1-5(10)3-8(6)14-11-7/h1-3H,4H2. The summed E-state index contributed by atoms with van der Waals surface area (Å²) < 4.78 is 39.2. The molecule has 0 spiro atoms.